The lowest BCUT2D eigenvalue weighted by Gasteiger charge is -2.23. The van der Waals surface area contributed by atoms with Gasteiger partial charge in [-0.3, -0.25) is 0 Å². The Morgan fingerprint density at radius 1 is 1.34 bits per heavy atom. The number of rotatable bonds is 3. The second-order valence-electron chi connectivity index (χ2n) is 7.90. The van der Waals surface area contributed by atoms with Crippen LogP contribution in [0.25, 0.3) is 11.0 Å². The summed E-state index contributed by atoms with van der Waals surface area (Å²) in [5.74, 6) is 1.15. The third-order valence-electron chi connectivity index (χ3n) is 5.99. The van der Waals surface area contributed by atoms with E-state index < -0.39 is 0 Å². The van der Waals surface area contributed by atoms with E-state index in [-0.39, 0.29) is 18.0 Å². The first-order valence-corrected chi connectivity index (χ1v) is 10.1. The van der Waals surface area contributed by atoms with Crippen molar-refractivity contribution in [3.05, 3.63) is 52.9 Å². The van der Waals surface area contributed by atoms with Crippen LogP contribution < -0.4 is 10.1 Å². The first kappa shape index (κ1) is 18.1. The van der Waals surface area contributed by atoms with Crippen molar-refractivity contribution in [2.45, 2.75) is 51.3 Å². The normalized spacial score (nSPS) is 21.1. The van der Waals surface area contributed by atoms with Gasteiger partial charge in [-0.1, -0.05) is 0 Å². The van der Waals surface area contributed by atoms with E-state index in [0.29, 0.717) is 22.4 Å². The highest BCUT2D eigenvalue weighted by molar-refractivity contribution is 5.76. The summed E-state index contributed by atoms with van der Waals surface area (Å²) in [4.78, 5) is 8.57. The molecular formula is C22H22FN5O. The minimum absolute atomic E-state index is 0.0309. The SMILES string of the molecule is Cc1ncc2c(F)cn(C3CCC(Oc4cc(C#N)cc5c4CNCC5)C3)c2n1. The van der Waals surface area contributed by atoms with Crippen molar-refractivity contribution in [1.29, 1.82) is 5.26 Å². The molecule has 1 fully saturated rings. The molecule has 6 nitrogen and oxygen atoms in total. The van der Waals surface area contributed by atoms with Gasteiger partial charge in [0.2, 0.25) is 0 Å². The Balaban J connectivity index is 1.40. The summed E-state index contributed by atoms with van der Waals surface area (Å²) >= 11 is 0. The lowest BCUT2D eigenvalue weighted by Crippen LogP contribution is -2.25. The van der Waals surface area contributed by atoms with Crippen molar-refractivity contribution >= 4 is 11.0 Å². The van der Waals surface area contributed by atoms with Crippen LogP contribution in [0.15, 0.2) is 24.5 Å². The van der Waals surface area contributed by atoms with Crippen LogP contribution in [-0.4, -0.2) is 27.2 Å². The molecule has 3 heterocycles. The second kappa shape index (κ2) is 7.12. The van der Waals surface area contributed by atoms with E-state index in [1.54, 1.807) is 6.20 Å². The molecule has 2 aromatic heterocycles. The van der Waals surface area contributed by atoms with Gasteiger partial charge in [-0.15, -0.1) is 0 Å². The highest BCUT2D eigenvalue weighted by Gasteiger charge is 2.30. The Labute approximate surface area is 168 Å². The maximum absolute atomic E-state index is 14.3. The monoisotopic (exact) mass is 391 g/mol. The fourth-order valence-corrected chi connectivity index (χ4v) is 4.54. The van der Waals surface area contributed by atoms with Crippen molar-refractivity contribution in [2.24, 2.45) is 0 Å². The number of nitrogens with one attached hydrogen (secondary N) is 1. The Bertz CT molecular complexity index is 1130. The first-order valence-electron chi connectivity index (χ1n) is 10.1. The van der Waals surface area contributed by atoms with E-state index in [4.69, 9.17) is 4.74 Å². The fraction of sp³-hybridized carbons (Fsp3) is 0.409. The topological polar surface area (TPSA) is 75.8 Å². The van der Waals surface area contributed by atoms with Gasteiger partial charge < -0.3 is 14.6 Å². The molecule has 2 unspecified atom stereocenters. The van der Waals surface area contributed by atoms with Gasteiger partial charge in [0.05, 0.1) is 17.0 Å². The average Bonchev–Trinajstić information content (AvgIpc) is 3.32. The minimum atomic E-state index is -0.286. The number of hydrogen-bond acceptors (Lipinski definition) is 5. The molecule has 2 aliphatic rings. The van der Waals surface area contributed by atoms with Gasteiger partial charge in [-0.25, -0.2) is 14.4 Å². The largest absolute Gasteiger partial charge is 0.490 e. The molecule has 1 aliphatic heterocycles. The maximum atomic E-state index is 14.3. The molecule has 0 radical (unpaired) electrons. The number of halogens is 1. The van der Waals surface area contributed by atoms with Gasteiger partial charge in [0.1, 0.15) is 23.3 Å². The van der Waals surface area contributed by atoms with Gasteiger partial charge >= 0.3 is 0 Å². The smallest absolute Gasteiger partial charge is 0.151 e. The van der Waals surface area contributed by atoms with Gasteiger partial charge in [0.15, 0.2) is 5.82 Å². The Morgan fingerprint density at radius 2 is 2.24 bits per heavy atom. The molecule has 1 saturated carbocycles. The van der Waals surface area contributed by atoms with Gasteiger partial charge in [-0.2, -0.15) is 5.26 Å². The predicted molar refractivity (Wildman–Crippen MR) is 106 cm³/mol. The zero-order valence-electron chi connectivity index (χ0n) is 16.3. The number of benzene rings is 1. The van der Waals surface area contributed by atoms with Crippen LogP contribution in [0, 0.1) is 24.1 Å². The molecule has 3 aromatic rings. The molecule has 0 saturated heterocycles. The molecule has 5 rings (SSSR count). The number of hydrogen-bond donors (Lipinski definition) is 1. The Hall–Kier alpha value is -2.98. The number of nitriles is 1. The van der Waals surface area contributed by atoms with Crippen LogP contribution in [0.1, 0.15) is 47.8 Å². The number of nitrogens with zero attached hydrogens (tertiary/aromatic N) is 4. The van der Waals surface area contributed by atoms with Crippen LogP contribution in [-0.2, 0) is 13.0 Å². The summed E-state index contributed by atoms with van der Waals surface area (Å²) in [5.41, 5.74) is 3.63. The molecule has 0 amide bonds. The molecule has 2 atom stereocenters. The van der Waals surface area contributed by atoms with E-state index >= 15 is 0 Å². The van der Waals surface area contributed by atoms with Gasteiger partial charge in [0, 0.05) is 37.0 Å². The molecule has 7 heteroatoms. The second-order valence-corrected chi connectivity index (χ2v) is 7.90. The number of fused-ring (bicyclic) bond motifs is 2. The highest BCUT2D eigenvalue weighted by Crippen LogP contribution is 2.37. The average molecular weight is 391 g/mol. The van der Waals surface area contributed by atoms with E-state index in [2.05, 4.69) is 21.4 Å². The molecule has 29 heavy (non-hydrogen) atoms. The van der Waals surface area contributed by atoms with E-state index in [1.165, 1.54) is 11.8 Å². The van der Waals surface area contributed by atoms with Crippen LogP contribution in [0.2, 0.25) is 0 Å². The first-order chi connectivity index (χ1) is 14.1. The zero-order chi connectivity index (χ0) is 20.0. The standard InChI is InChI=1S/C22H22FN5O/c1-13-26-11-19-20(23)12-28(22(19)27-13)16-2-3-17(8-16)29-21-7-14(9-24)6-15-4-5-25-10-18(15)21/h6-7,11-12,16-17,25H,2-5,8,10H2,1H3. The van der Waals surface area contributed by atoms with E-state index in [1.807, 2.05) is 23.6 Å². The number of aryl methyl sites for hydroxylation is 1. The number of ether oxygens (including phenoxy) is 1. The van der Waals surface area contributed by atoms with Crippen molar-refractivity contribution in [1.82, 2.24) is 19.9 Å². The summed E-state index contributed by atoms with van der Waals surface area (Å²) in [6.07, 6.45) is 6.59. The van der Waals surface area contributed by atoms with E-state index in [0.717, 1.165) is 50.1 Å². The summed E-state index contributed by atoms with van der Waals surface area (Å²) < 4.78 is 22.7. The van der Waals surface area contributed by atoms with Crippen molar-refractivity contribution in [2.75, 3.05) is 6.54 Å². The summed E-state index contributed by atoms with van der Waals surface area (Å²) in [5, 5.41) is 13.2. The van der Waals surface area contributed by atoms with Crippen LogP contribution in [0.3, 0.4) is 0 Å². The summed E-state index contributed by atoms with van der Waals surface area (Å²) in [6, 6.07) is 6.20. The predicted octanol–water partition coefficient (Wildman–Crippen LogP) is 3.57. The van der Waals surface area contributed by atoms with Crippen LogP contribution in [0.5, 0.6) is 5.75 Å². The molecule has 0 spiro atoms. The van der Waals surface area contributed by atoms with E-state index in [9.17, 15) is 9.65 Å². The minimum Gasteiger partial charge on any atom is -0.490 e. The van der Waals surface area contributed by atoms with Crippen molar-refractivity contribution in [3.8, 4) is 11.8 Å². The third-order valence-corrected chi connectivity index (χ3v) is 5.99. The Kier molecular flexibility index (Phi) is 4.44. The van der Waals surface area contributed by atoms with Crippen LogP contribution in [0.4, 0.5) is 4.39 Å². The quantitative estimate of drug-likeness (QED) is 0.739. The fourth-order valence-electron chi connectivity index (χ4n) is 4.54. The molecule has 148 valence electrons. The summed E-state index contributed by atoms with van der Waals surface area (Å²) in [7, 11) is 0. The van der Waals surface area contributed by atoms with Crippen molar-refractivity contribution < 1.29 is 9.13 Å². The highest BCUT2D eigenvalue weighted by atomic mass is 19.1. The lowest BCUT2D eigenvalue weighted by atomic mass is 9.97. The molecular weight excluding hydrogens is 369 g/mol. The molecule has 1 aromatic carbocycles. The van der Waals surface area contributed by atoms with Gasteiger partial charge in [0.25, 0.3) is 0 Å². The molecule has 1 N–H and O–H groups in total. The molecule has 0 bridgehead atoms. The Morgan fingerprint density at radius 3 is 3.10 bits per heavy atom. The van der Waals surface area contributed by atoms with Gasteiger partial charge in [-0.05, 0) is 50.4 Å². The maximum Gasteiger partial charge on any atom is 0.151 e. The van der Waals surface area contributed by atoms with Crippen molar-refractivity contribution in [3.63, 3.8) is 0 Å². The zero-order valence-corrected chi connectivity index (χ0v) is 16.3. The number of aromatic nitrogens is 3. The molecule has 1 aliphatic carbocycles. The third kappa shape index (κ3) is 3.23. The van der Waals surface area contributed by atoms with Crippen LogP contribution >= 0.6 is 0 Å². The summed E-state index contributed by atoms with van der Waals surface area (Å²) in [6.45, 7) is 3.49. The lowest BCUT2D eigenvalue weighted by molar-refractivity contribution is 0.201.